The second kappa shape index (κ2) is 7.22. The van der Waals surface area contributed by atoms with Crippen LogP contribution in [0.2, 0.25) is 19.6 Å². The van der Waals surface area contributed by atoms with Crippen LogP contribution in [0.4, 0.5) is 0 Å². The molecule has 0 aromatic rings. The van der Waals surface area contributed by atoms with Crippen LogP contribution in [-0.2, 0) is 4.53 Å². The van der Waals surface area contributed by atoms with Crippen molar-refractivity contribution in [2.45, 2.75) is 78.6 Å². The van der Waals surface area contributed by atoms with E-state index in [2.05, 4.69) is 59.6 Å². The molecule has 0 saturated heterocycles. The molecule has 0 atom stereocenters. The summed E-state index contributed by atoms with van der Waals surface area (Å²) in [6.45, 7) is 15.4. The molecule has 0 spiro atoms. The monoisotopic (exact) mass is 257 g/mol. The lowest BCUT2D eigenvalue weighted by molar-refractivity contribution is -0.0885. The van der Waals surface area contributed by atoms with E-state index in [4.69, 9.17) is 4.53 Å². The van der Waals surface area contributed by atoms with E-state index >= 15 is 0 Å². The molecule has 0 saturated carbocycles. The molecule has 0 aliphatic heterocycles. The van der Waals surface area contributed by atoms with Crippen LogP contribution in [0, 0.1) is 0 Å². The van der Waals surface area contributed by atoms with Gasteiger partial charge in [-0.25, -0.2) is 0 Å². The van der Waals surface area contributed by atoms with Crippen molar-refractivity contribution in [1.29, 1.82) is 0 Å². The van der Waals surface area contributed by atoms with Crippen molar-refractivity contribution in [3.63, 3.8) is 0 Å². The lowest BCUT2D eigenvalue weighted by Gasteiger charge is -2.38. The van der Waals surface area contributed by atoms with E-state index < -0.39 is 8.32 Å². The SMILES string of the molecule is CCCCC/C=C/N(O[Si](C)(C)C)C(C)(C)C. The Hall–Kier alpha value is -0.283. The van der Waals surface area contributed by atoms with Gasteiger partial charge in [-0.05, 0) is 53.3 Å². The van der Waals surface area contributed by atoms with Crippen molar-refractivity contribution >= 4 is 8.32 Å². The van der Waals surface area contributed by atoms with Crippen LogP contribution in [-0.4, -0.2) is 18.9 Å². The highest BCUT2D eigenvalue weighted by Gasteiger charge is 2.25. The zero-order chi connectivity index (χ0) is 13.5. The van der Waals surface area contributed by atoms with Crippen molar-refractivity contribution < 1.29 is 4.53 Å². The van der Waals surface area contributed by atoms with E-state index in [1.54, 1.807) is 0 Å². The van der Waals surface area contributed by atoms with Gasteiger partial charge in [-0.2, -0.15) is 0 Å². The third-order valence-electron chi connectivity index (χ3n) is 2.25. The summed E-state index contributed by atoms with van der Waals surface area (Å²) >= 11 is 0. The molecule has 0 aliphatic rings. The second-order valence-electron chi connectivity index (χ2n) is 6.58. The molecule has 17 heavy (non-hydrogen) atoms. The average Bonchev–Trinajstić information content (AvgIpc) is 2.12. The molecule has 3 heteroatoms. The Bertz CT molecular complexity index is 225. The molecule has 0 aliphatic carbocycles. The Morgan fingerprint density at radius 1 is 1.12 bits per heavy atom. The van der Waals surface area contributed by atoms with Crippen LogP contribution in [0.25, 0.3) is 0 Å². The fourth-order valence-electron chi connectivity index (χ4n) is 1.37. The van der Waals surface area contributed by atoms with Gasteiger partial charge in [0.2, 0.25) is 8.32 Å². The highest BCUT2D eigenvalue weighted by atomic mass is 28.4. The smallest absolute Gasteiger partial charge is 0.220 e. The molecule has 0 aromatic carbocycles. The first-order valence-electron chi connectivity index (χ1n) is 6.82. The van der Waals surface area contributed by atoms with E-state index in [9.17, 15) is 0 Å². The lowest BCUT2D eigenvalue weighted by atomic mass is 10.1. The van der Waals surface area contributed by atoms with Crippen LogP contribution in [0.5, 0.6) is 0 Å². The standard InChI is InChI=1S/C14H31NOSi/c1-8-9-10-11-12-13-15(14(2,3)4)16-17(5,6)7/h12-13H,8-11H2,1-7H3/b13-12+. The minimum absolute atomic E-state index is 0.0293. The molecular weight excluding hydrogens is 226 g/mol. The summed E-state index contributed by atoms with van der Waals surface area (Å²) in [5.41, 5.74) is 0.0293. The van der Waals surface area contributed by atoms with Crippen LogP contribution < -0.4 is 0 Å². The number of hydroxylamine groups is 2. The summed E-state index contributed by atoms with van der Waals surface area (Å²) < 4.78 is 6.09. The quantitative estimate of drug-likeness (QED) is 0.363. The normalized spacial score (nSPS) is 13.4. The maximum Gasteiger partial charge on any atom is 0.220 e. The molecule has 0 aromatic heterocycles. The van der Waals surface area contributed by atoms with E-state index in [-0.39, 0.29) is 5.54 Å². The second-order valence-corrected chi connectivity index (χ2v) is 11.0. The Morgan fingerprint density at radius 3 is 2.12 bits per heavy atom. The molecule has 0 unspecified atom stereocenters. The fourth-order valence-corrected chi connectivity index (χ4v) is 2.29. The van der Waals surface area contributed by atoms with Gasteiger partial charge in [0.15, 0.2) is 0 Å². The minimum Gasteiger partial charge on any atom is -0.320 e. The van der Waals surface area contributed by atoms with Crippen molar-refractivity contribution in [2.75, 3.05) is 0 Å². The molecule has 0 radical (unpaired) electrons. The van der Waals surface area contributed by atoms with Gasteiger partial charge in [0.05, 0.1) is 5.54 Å². The molecule has 0 N–H and O–H groups in total. The predicted octanol–water partition coefficient (Wildman–Crippen LogP) is 4.95. The van der Waals surface area contributed by atoms with Crippen molar-refractivity contribution in [3.05, 3.63) is 12.3 Å². The zero-order valence-electron chi connectivity index (χ0n) is 12.8. The first-order valence-corrected chi connectivity index (χ1v) is 10.2. The lowest BCUT2D eigenvalue weighted by Crippen LogP contribution is -2.44. The van der Waals surface area contributed by atoms with Gasteiger partial charge < -0.3 is 4.53 Å². The van der Waals surface area contributed by atoms with E-state index in [0.29, 0.717) is 0 Å². The summed E-state index contributed by atoms with van der Waals surface area (Å²) in [6.07, 6.45) is 9.37. The summed E-state index contributed by atoms with van der Waals surface area (Å²) in [4.78, 5) is 0. The zero-order valence-corrected chi connectivity index (χ0v) is 13.8. The third-order valence-corrected chi connectivity index (χ3v) is 2.99. The van der Waals surface area contributed by atoms with Gasteiger partial charge in [-0.1, -0.05) is 25.8 Å². The highest BCUT2D eigenvalue weighted by Crippen LogP contribution is 2.19. The number of hydrogen-bond donors (Lipinski definition) is 0. The molecule has 0 heterocycles. The van der Waals surface area contributed by atoms with Gasteiger partial charge in [0.25, 0.3) is 0 Å². The van der Waals surface area contributed by atoms with Crippen LogP contribution in [0.15, 0.2) is 12.3 Å². The highest BCUT2D eigenvalue weighted by molar-refractivity contribution is 6.69. The average molecular weight is 257 g/mol. The topological polar surface area (TPSA) is 12.5 Å². The molecule has 0 fully saturated rings. The van der Waals surface area contributed by atoms with Gasteiger partial charge in [-0.3, -0.25) is 5.06 Å². The number of rotatable bonds is 7. The largest absolute Gasteiger partial charge is 0.320 e. The first-order chi connectivity index (χ1) is 7.67. The van der Waals surface area contributed by atoms with Crippen molar-refractivity contribution in [3.8, 4) is 0 Å². The van der Waals surface area contributed by atoms with Gasteiger partial charge in [-0.15, -0.1) is 0 Å². The summed E-state index contributed by atoms with van der Waals surface area (Å²) in [5, 5.41) is 2.03. The summed E-state index contributed by atoms with van der Waals surface area (Å²) in [6, 6.07) is 0. The Balaban J connectivity index is 4.31. The predicted molar refractivity (Wildman–Crippen MR) is 79.3 cm³/mol. The molecule has 0 amide bonds. The van der Waals surface area contributed by atoms with Crippen LogP contribution in [0.1, 0.15) is 53.4 Å². The van der Waals surface area contributed by atoms with E-state index in [1.165, 1.54) is 19.3 Å². The number of unbranched alkanes of at least 4 members (excludes halogenated alkanes) is 3. The molecule has 102 valence electrons. The Morgan fingerprint density at radius 2 is 1.71 bits per heavy atom. The third kappa shape index (κ3) is 9.42. The van der Waals surface area contributed by atoms with E-state index in [1.807, 2.05) is 5.06 Å². The number of hydrogen-bond acceptors (Lipinski definition) is 2. The maximum absolute atomic E-state index is 6.09. The van der Waals surface area contributed by atoms with E-state index in [0.717, 1.165) is 6.42 Å². The maximum atomic E-state index is 6.09. The molecular formula is C14H31NOSi. The molecule has 2 nitrogen and oxygen atoms in total. The Kier molecular flexibility index (Phi) is 7.10. The Labute approximate surface area is 109 Å². The summed E-state index contributed by atoms with van der Waals surface area (Å²) in [5.74, 6) is 0. The number of nitrogens with zero attached hydrogens (tertiary/aromatic N) is 1. The van der Waals surface area contributed by atoms with Crippen molar-refractivity contribution in [1.82, 2.24) is 5.06 Å². The first kappa shape index (κ1) is 16.7. The van der Waals surface area contributed by atoms with Crippen LogP contribution >= 0.6 is 0 Å². The van der Waals surface area contributed by atoms with Gasteiger partial charge in [0, 0.05) is 6.20 Å². The fraction of sp³-hybridized carbons (Fsp3) is 0.857. The number of allylic oxidation sites excluding steroid dienone is 1. The van der Waals surface area contributed by atoms with Crippen LogP contribution in [0.3, 0.4) is 0 Å². The van der Waals surface area contributed by atoms with Gasteiger partial charge >= 0.3 is 0 Å². The summed E-state index contributed by atoms with van der Waals surface area (Å²) in [7, 11) is -1.53. The minimum atomic E-state index is -1.53. The molecule has 0 bridgehead atoms. The molecule has 0 rings (SSSR count). The van der Waals surface area contributed by atoms with Crippen molar-refractivity contribution in [2.24, 2.45) is 0 Å². The van der Waals surface area contributed by atoms with Gasteiger partial charge in [0.1, 0.15) is 0 Å².